The van der Waals surface area contributed by atoms with E-state index in [9.17, 15) is 4.79 Å². The lowest BCUT2D eigenvalue weighted by Crippen LogP contribution is -2.21. The zero-order chi connectivity index (χ0) is 12.3. The second-order valence-corrected chi connectivity index (χ2v) is 4.79. The molecule has 0 amide bonds. The molecule has 1 fully saturated rings. The molecule has 2 heterocycles. The first kappa shape index (κ1) is 12.0. The zero-order valence-corrected chi connectivity index (χ0v) is 10.1. The normalized spacial score (nSPS) is 20.6. The number of rotatable bonds is 4. The molecule has 4 heteroatoms. The smallest absolute Gasteiger partial charge is 0.303 e. The van der Waals surface area contributed by atoms with E-state index in [1.54, 1.807) is 6.20 Å². The number of carbonyl (C=O) groups is 1. The average molecular weight is 234 g/mol. The Morgan fingerprint density at radius 1 is 1.65 bits per heavy atom. The van der Waals surface area contributed by atoms with Gasteiger partial charge in [-0.3, -0.25) is 14.7 Å². The number of aliphatic carboxylic acids is 1. The van der Waals surface area contributed by atoms with E-state index in [1.165, 1.54) is 11.1 Å². The van der Waals surface area contributed by atoms with Gasteiger partial charge in [-0.15, -0.1) is 0 Å². The summed E-state index contributed by atoms with van der Waals surface area (Å²) in [7, 11) is 0. The van der Waals surface area contributed by atoms with Crippen LogP contribution in [-0.4, -0.2) is 34.0 Å². The molecule has 0 saturated carbocycles. The van der Waals surface area contributed by atoms with Gasteiger partial charge in [0.25, 0.3) is 0 Å². The second kappa shape index (κ2) is 5.27. The van der Waals surface area contributed by atoms with E-state index in [4.69, 9.17) is 5.11 Å². The number of pyridine rings is 1. The topological polar surface area (TPSA) is 53.4 Å². The van der Waals surface area contributed by atoms with Crippen molar-refractivity contribution in [1.82, 2.24) is 9.88 Å². The van der Waals surface area contributed by atoms with Gasteiger partial charge in [0.2, 0.25) is 0 Å². The van der Waals surface area contributed by atoms with Crippen molar-refractivity contribution in [1.29, 1.82) is 0 Å². The molecule has 4 nitrogen and oxygen atoms in total. The Morgan fingerprint density at radius 3 is 3.18 bits per heavy atom. The maximum Gasteiger partial charge on any atom is 0.303 e. The highest BCUT2D eigenvalue weighted by atomic mass is 16.4. The zero-order valence-electron chi connectivity index (χ0n) is 10.1. The van der Waals surface area contributed by atoms with Crippen molar-refractivity contribution in [2.24, 2.45) is 5.92 Å². The molecule has 1 atom stereocenters. The van der Waals surface area contributed by atoms with Crippen LogP contribution in [0.2, 0.25) is 0 Å². The molecular weight excluding hydrogens is 216 g/mol. The number of hydrogen-bond acceptors (Lipinski definition) is 3. The fourth-order valence-corrected chi connectivity index (χ4v) is 2.37. The Balaban J connectivity index is 1.90. The lowest BCUT2D eigenvalue weighted by molar-refractivity contribution is -0.138. The Morgan fingerprint density at radius 2 is 2.47 bits per heavy atom. The van der Waals surface area contributed by atoms with Crippen molar-refractivity contribution in [2.75, 3.05) is 13.1 Å². The van der Waals surface area contributed by atoms with Gasteiger partial charge in [0.1, 0.15) is 0 Å². The lowest BCUT2D eigenvalue weighted by atomic mass is 10.1. The summed E-state index contributed by atoms with van der Waals surface area (Å²) in [5, 5.41) is 8.77. The van der Waals surface area contributed by atoms with Crippen molar-refractivity contribution >= 4 is 5.97 Å². The average Bonchev–Trinajstić information content (AvgIpc) is 2.68. The highest BCUT2D eigenvalue weighted by Gasteiger charge is 2.24. The first-order chi connectivity index (χ1) is 8.15. The summed E-state index contributed by atoms with van der Waals surface area (Å²) in [6.45, 7) is 4.85. The van der Waals surface area contributed by atoms with E-state index in [0.717, 1.165) is 26.1 Å². The van der Waals surface area contributed by atoms with Gasteiger partial charge in [-0.1, -0.05) is 0 Å². The van der Waals surface area contributed by atoms with Crippen LogP contribution in [0.25, 0.3) is 0 Å². The summed E-state index contributed by atoms with van der Waals surface area (Å²) in [6, 6.07) is 2.01. The van der Waals surface area contributed by atoms with Gasteiger partial charge in [-0.25, -0.2) is 0 Å². The number of aryl methyl sites for hydroxylation is 1. The third kappa shape index (κ3) is 3.27. The molecule has 1 saturated heterocycles. The predicted octanol–water partition coefficient (Wildman–Crippen LogP) is 1.69. The van der Waals surface area contributed by atoms with Crippen molar-refractivity contribution < 1.29 is 9.90 Å². The molecule has 0 aromatic carbocycles. The van der Waals surface area contributed by atoms with E-state index in [0.29, 0.717) is 12.3 Å². The monoisotopic (exact) mass is 234 g/mol. The third-order valence-corrected chi connectivity index (χ3v) is 3.37. The van der Waals surface area contributed by atoms with E-state index in [2.05, 4.69) is 16.8 Å². The number of hydrogen-bond donors (Lipinski definition) is 1. The van der Waals surface area contributed by atoms with E-state index in [1.807, 2.05) is 12.3 Å². The number of carboxylic acid groups (broad SMARTS) is 1. The van der Waals surface area contributed by atoms with Gasteiger partial charge in [0.15, 0.2) is 0 Å². The quantitative estimate of drug-likeness (QED) is 0.861. The largest absolute Gasteiger partial charge is 0.481 e. The molecular formula is C13H18N2O2. The fraction of sp³-hybridized carbons (Fsp3) is 0.538. The van der Waals surface area contributed by atoms with Crippen LogP contribution < -0.4 is 0 Å². The van der Waals surface area contributed by atoms with Crippen molar-refractivity contribution in [3.8, 4) is 0 Å². The molecule has 0 bridgehead atoms. The number of likely N-dealkylation sites (tertiary alicyclic amines) is 1. The second-order valence-electron chi connectivity index (χ2n) is 4.79. The molecule has 1 aliphatic rings. The summed E-state index contributed by atoms with van der Waals surface area (Å²) < 4.78 is 0. The summed E-state index contributed by atoms with van der Waals surface area (Å²) in [5.41, 5.74) is 2.49. The molecule has 92 valence electrons. The molecule has 17 heavy (non-hydrogen) atoms. The number of nitrogens with zero attached hydrogens (tertiary/aromatic N) is 2. The highest BCUT2D eigenvalue weighted by Crippen LogP contribution is 2.21. The Kier molecular flexibility index (Phi) is 3.74. The SMILES string of the molecule is Cc1ccncc1CN1CCC(CC(=O)O)C1. The molecule has 1 aromatic rings. The van der Waals surface area contributed by atoms with Crippen LogP contribution in [0.3, 0.4) is 0 Å². The van der Waals surface area contributed by atoms with Crippen LogP contribution in [-0.2, 0) is 11.3 Å². The van der Waals surface area contributed by atoms with Crippen LogP contribution in [0.5, 0.6) is 0 Å². The third-order valence-electron chi connectivity index (χ3n) is 3.37. The number of aromatic nitrogens is 1. The summed E-state index contributed by atoms with van der Waals surface area (Å²) in [4.78, 5) is 17.1. The molecule has 1 aliphatic heterocycles. The minimum Gasteiger partial charge on any atom is -0.481 e. The Bertz CT molecular complexity index is 406. The minimum absolute atomic E-state index is 0.294. The van der Waals surface area contributed by atoms with Gasteiger partial charge in [-0.05, 0) is 43.0 Å². The number of carboxylic acids is 1. The van der Waals surface area contributed by atoms with Crippen molar-refractivity contribution in [3.63, 3.8) is 0 Å². The highest BCUT2D eigenvalue weighted by molar-refractivity contribution is 5.67. The van der Waals surface area contributed by atoms with Crippen LogP contribution in [0, 0.1) is 12.8 Å². The van der Waals surface area contributed by atoms with Crippen LogP contribution in [0.4, 0.5) is 0 Å². The maximum atomic E-state index is 10.6. The summed E-state index contributed by atoms with van der Waals surface area (Å²) >= 11 is 0. The van der Waals surface area contributed by atoms with Crippen LogP contribution in [0.15, 0.2) is 18.5 Å². The van der Waals surface area contributed by atoms with Gasteiger partial charge in [0, 0.05) is 31.9 Å². The van der Waals surface area contributed by atoms with Crippen LogP contribution in [0.1, 0.15) is 24.0 Å². The van der Waals surface area contributed by atoms with Gasteiger partial charge >= 0.3 is 5.97 Å². The van der Waals surface area contributed by atoms with Crippen LogP contribution >= 0.6 is 0 Å². The molecule has 2 rings (SSSR count). The predicted molar refractivity (Wildman–Crippen MR) is 64.6 cm³/mol. The Hall–Kier alpha value is -1.42. The first-order valence-electron chi connectivity index (χ1n) is 5.99. The maximum absolute atomic E-state index is 10.6. The minimum atomic E-state index is -0.686. The van der Waals surface area contributed by atoms with E-state index >= 15 is 0 Å². The fourth-order valence-electron chi connectivity index (χ4n) is 2.37. The standard InChI is InChI=1S/C13H18N2O2/c1-10-2-4-14-7-12(10)9-15-5-3-11(8-15)6-13(16)17/h2,4,7,11H,3,5-6,8-9H2,1H3,(H,16,17). The molecule has 1 unspecified atom stereocenters. The van der Waals surface area contributed by atoms with Gasteiger partial charge < -0.3 is 5.11 Å². The van der Waals surface area contributed by atoms with Crippen molar-refractivity contribution in [2.45, 2.75) is 26.3 Å². The van der Waals surface area contributed by atoms with E-state index < -0.39 is 5.97 Å². The van der Waals surface area contributed by atoms with E-state index in [-0.39, 0.29) is 0 Å². The first-order valence-corrected chi connectivity index (χ1v) is 5.99. The van der Waals surface area contributed by atoms with Gasteiger partial charge in [-0.2, -0.15) is 0 Å². The molecule has 1 aromatic heterocycles. The molecule has 0 radical (unpaired) electrons. The molecule has 1 N–H and O–H groups in total. The lowest BCUT2D eigenvalue weighted by Gasteiger charge is -2.16. The molecule has 0 aliphatic carbocycles. The van der Waals surface area contributed by atoms with Crippen molar-refractivity contribution in [3.05, 3.63) is 29.6 Å². The summed E-state index contributed by atoms with van der Waals surface area (Å²) in [5.74, 6) is -0.376. The molecule has 0 spiro atoms. The Labute approximate surface area is 101 Å². The summed E-state index contributed by atoms with van der Waals surface area (Å²) in [6.07, 6.45) is 4.99. The van der Waals surface area contributed by atoms with Gasteiger partial charge in [0.05, 0.1) is 0 Å².